The Labute approximate surface area is 77.9 Å². The molecule has 0 bridgehead atoms. The van der Waals surface area contributed by atoms with Crippen LogP contribution in [0.4, 0.5) is 0 Å². The molecule has 0 spiro atoms. The largest absolute Gasteiger partial charge is 0.508 e. The molecule has 0 radical (unpaired) electrons. The lowest BCUT2D eigenvalue weighted by molar-refractivity contribution is 0.108. The van der Waals surface area contributed by atoms with Gasteiger partial charge in [-0.15, -0.1) is 0 Å². The van der Waals surface area contributed by atoms with Crippen LogP contribution in [-0.4, -0.2) is 18.6 Å². The van der Waals surface area contributed by atoms with Gasteiger partial charge in [-0.1, -0.05) is 0 Å². The SMILES string of the molecule is O=C1SS(=O)(=O)c2cc(O)ccc21. The first-order valence-corrected chi connectivity index (χ1v) is 6.14. The second-order valence-corrected chi connectivity index (χ2v) is 6.21. The number of hydrogen-bond donors (Lipinski definition) is 1. The molecule has 0 atom stereocenters. The van der Waals surface area contributed by atoms with E-state index in [0.29, 0.717) is 0 Å². The molecule has 0 aliphatic carbocycles. The fourth-order valence-corrected chi connectivity index (χ4v) is 3.94. The standard InChI is InChI=1S/C7H4O4S2/c8-4-1-2-5-6(3-4)13(10,11)12-7(5)9/h1-3,8H. The van der Waals surface area contributed by atoms with Crippen LogP contribution < -0.4 is 0 Å². The molecule has 13 heavy (non-hydrogen) atoms. The Morgan fingerprint density at radius 3 is 2.69 bits per heavy atom. The van der Waals surface area contributed by atoms with E-state index in [1.807, 2.05) is 0 Å². The van der Waals surface area contributed by atoms with Gasteiger partial charge in [0.2, 0.25) is 14.0 Å². The van der Waals surface area contributed by atoms with Gasteiger partial charge in [-0.3, -0.25) is 4.79 Å². The molecule has 0 aromatic heterocycles. The fourth-order valence-electron chi connectivity index (χ4n) is 1.08. The maximum Gasteiger partial charge on any atom is 0.238 e. The van der Waals surface area contributed by atoms with Crippen molar-refractivity contribution in [3.05, 3.63) is 23.8 Å². The van der Waals surface area contributed by atoms with E-state index in [1.165, 1.54) is 12.1 Å². The molecule has 1 aliphatic rings. The van der Waals surface area contributed by atoms with E-state index in [4.69, 9.17) is 5.11 Å². The van der Waals surface area contributed by atoms with Crippen LogP contribution in [0.5, 0.6) is 5.75 Å². The highest BCUT2D eigenvalue weighted by atomic mass is 33.1. The molecule has 0 saturated carbocycles. The van der Waals surface area contributed by atoms with Gasteiger partial charge < -0.3 is 5.11 Å². The quantitative estimate of drug-likeness (QED) is 0.654. The van der Waals surface area contributed by atoms with Crippen molar-refractivity contribution in [3.63, 3.8) is 0 Å². The van der Waals surface area contributed by atoms with Crippen molar-refractivity contribution in [3.8, 4) is 5.75 Å². The molecule has 6 heteroatoms. The highest BCUT2D eigenvalue weighted by Crippen LogP contribution is 2.39. The lowest BCUT2D eigenvalue weighted by Gasteiger charge is -1.95. The summed E-state index contributed by atoms with van der Waals surface area (Å²) in [6.45, 7) is 0. The molecule has 2 rings (SSSR count). The summed E-state index contributed by atoms with van der Waals surface area (Å²) in [4.78, 5) is 11.0. The number of carbonyl (C=O) groups is 1. The number of rotatable bonds is 0. The van der Waals surface area contributed by atoms with Crippen molar-refractivity contribution >= 4 is 24.8 Å². The van der Waals surface area contributed by atoms with E-state index >= 15 is 0 Å². The first-order chi connectivity index (χ1) is 6.00. The zero-order valence-electron chi connectivity index (χ0n) is 6.22. The number of benzene rings is 1. The molecule has 0 amide bonds. The van der Waals surface area contributed by atoms with Crippen LogP contribution in [0.15, 0.2) is 23.1 Å². The van der Waals surface area contributed by atoms with Crippen LogP contribution in [0, 0.1) is 0 Å². The normalized spacial score (nSPS) is 18.6. The Balaban J connectivity index is 2.81. The van der Waals surface area contributed by atoms with E-state index < -0.39 is 14.0 Å². The van der Waals surface area contributed by atoms with Crippen LogP contribution in [-0.2, 0) is 8.87 Å². The van der Waals surface area contributed by atoms with E-state index in [1.54, 1.807) is 0 Å². The Morgan fingerprint density at radius 1 is 1.31 bits per heavy atom. The zero-order chi connectivity index (χ0) is 9.64. The van der Waals surface area contributed by atoms with Gasteiger partial charge in [0.15, 0.2) is 0 Å². The molecule has 1 aromatic rings. The molecular weight excluding hydrogens is 212 g/mol. The van der Waals surface area contributed by atoms with Crippen molar-refractivity contribution < 1.29 is 18.3 Å². The number of phenols is 1. The van der Waals surface area contributed by atoms with E-state index in [9.17, 15) is 13.2 Å². The fraction of sp³-hybridized carbons (Fsp3) is 0. The minimum atomic E-state index is -3.57. The molecule has 4 nitrogen and oxygen atoms in total. The molecule has 1 N–H and O–H groups in total. The van der Waals surface area contributed by atoms with Crippen molar-refractivity contribution in [1.29, 1.82) is 0 Å². The van der Waals surface area contributed by atoms with Gasteiger partial charge in [0.25, 0.3) is 0 Å². The number of hydrogen-bond acceptors (Lipinski definition) is 5. The molecule has 0 fully saturated rings. The first kappa shape index (κ1) is 8.58. The van der Waals surface area contributed by atoms with Crippen LogP contribution in [0.1, 0.15) is 10.4 Å². The van der Waals surface area contributed by atoms with Gasteiger partial charge in [0.1, 0.15) is 5.75 Å². The maximum atomic E-state index is 11.2. The van der Waals surface area contributed by atoms with Crippen molar-refractivity contribution in [1.82, 2.24) is 0 Å². The summed E-state index contributed by atoms with van der Waals surface area (Å²) in [7, 11) is -3.29. The molecule has 0 unspecified atom stereocenters. The minimum Gasteiger partial charge on any atom is -0.508 e. The zero-order valence-corrected chi connectivity index (χ0v) is 7.85. The maximum absolute atomic E-state index is 11.2. The molecule has 0 saturated heterocycles. The first-order valence-electron chi connectivity index (χ1n) is 3.32. The highest BCUT2D eigenvalue weighted by Gasteiger charge is 2.34. The third-order valence-corrected chi connectivity index (χ3v) is 4.76. The summed E-state index contributed by atoms with van der Waals surface area (Å²) in [5.74, 6) is -0.155. The summed E-state index contributed by atoms with van der Waals surface area (Å²) in [5, 5.41) is 8.54. The molecular formula is C7H4O4S2. The third kappa shape index (κ3) is 1.22. The van der Waals surface area contributed by atoms with Crippen molar-refractivity contribution in [2.75, 3.05) is 0 Å². The van der Waals surface area contributed by atoms with Crippen molar-refractivity contribution in [2.24, 2.45) is 0 Å². The number of phenolic OH excluding ortho intramolecular Hbond substituents is 1. The minimum absolute atomic E-state index is 0.0949. The van der Waals surface area contributed by atoms with Crippen LogP contribution >= 0.6 is 10.8 Å². The van der Waals surface area contributed by atoms with E-state index in [0.717, 1.165) is 6.07 Å². The van der Waals surface area contributed by atoms with Crippen molar-refractivity contribution in [2.45, 2.75) is 4.90 Å². The van der Waals surface area contributed by atoms with Gasteiger partial charge in [-0.25, -0.2) is 8.42 Å². The Morgan fingerprint density at radius 2 is 2.00 bits per heavy atom. The summed E-state index contributed by atoms with van der Waals surface area (Å²) in [6, 6.07) is 3.69. The van der Waals surface area contributed by atoms with Crippen LogP contribution in [0.25, 0.3) is 0 Å². The summed E-state index contributed by atoms with van der Waals surface area (Å²) < 4.78 is 22.5. The van der Waals surface area contributed by atoms with Gasteiger partial charge in [-0.2, -0.15) is 0 Å². The van der Waals surface area contributed by atoms with E-state index in [2.05, 4.69) is 0 Å². The average Bonchev–Trinajstić information content (AvgIpc) is 2.23. The van der Waals surface area contributed by atoms with Gasteiger partial charge in [0.05, 0.1) is 15.7 Å². The second kappa shape index (κ2) is 2.49. The molecule has 1 aliphatic heterocycles. The topological polar surface area (TPSA) is 71.4 Å². The summed E-state index contributed by atoms with van der Waals surface area (Å²) in [5.41, 5.74) is 0.141. The highest BCUT2D eigenvalue weighted by molar-refractivity contribution is 8.78. The molecule has 68 valence electrons. The van der Waals surface area contributed by atoms with Gasteiger partial charge >= 0.3 is 0 Å². The second-order valence-electron chi connectivity index (χ2n) is 2.51. The monoisotopic (exact) mass is 216 g/mol. The third-order valence-electron chi connectivity index (χ3n) is 1.64. The van der Waals surface area contributed by atoms with E-state index in [-0.39, 0.29) is 27.0 Å². The van der Waals surface area contributed by atoms with Gasteiger partial charge in [0, 0.05) is 11.6 Å². The Kier molecular flexibility index (Phi) is 1.64. The summed E-state index contributed by atoms with van der Waals surface area (Å²) in [6.07, 6.45) is 0. The van der Waals surface area contributed by atoms with Crippen LogP contribution in [0.3, 0.4) is 0 Å². The average molecular weight is 216 g/mol. The van der Waals surface area contributed by atoms with Gasteiger partial charge in [-0.05, 0) is 12.1 Å². The number of aromatic hydroxyl groups is 1. The van der Waals surface area contributed by atoms with Crippen LogP contribution in [0.2, 0.25) is 0 Å². The Bertz CT molecular complexity index is 489. The molecule has 1 heterocycles. The summed E-state index contributed by atoms with van der Waals surface area (Å²) >= 11 is 0. The number of carbonyl (C=O) groups excluding carboxylic acids is 1. The molecule has 1 aromatic carbocycles. The Hall–Kier alpha value is -1.01. The predicted molar refractivity (Wildman–Crippen MR) is 47.2 cm³/mol. The smallest absolute Gasteiger partial charge is 0.238 e. The lowest BCUT2D eigenvalue weighted by Crippen LogP contribution is -1.89. The predicted octanol–water partition coefficient (Wildman–Crippen LogP) is 0.968. The lowest BCUT2D eigenvalue weighted by atomic mass is 10.2. The number of fused-ring (bicyclic) bond motifs is 1.